The molecule has 6 nitrogen and oxygen atoms in total. The molecular formula is C20H25N3O3S. The van der Waals surface area contributed by atoms with Gasteiger partial charge in [0.15, 0.2) is 0 Å². The monoisotopic (exact) mass is 387 g/mol. The number of amides is 1. The van der Waals surface area contributed by atoms with Crippen molar-refractivity contribution in [3.8, 4) is 0 Å². The lowest BCUT2D eigenvalue weighted by Crippen LogP contribution is -2.32. The van der Waals surface area contributed by atoms with Gasteiger partial charge in [-0.25, -0.2) is 8.42 Å². The first kappa shape index (κ1) is 19.5. The number of anilines is 1. The molecule has 3 rings (SSSR count). The van der Waals surface area contributed by atoms with Crippen molar-refractivity contribution in [2.24, 2.45) is 0 Å². The van der Waals surface area contributed by atoms with Crippen molar-refractivity contribution in [1.82, 2.24) is 9.21 Å². The van der Waals surface area contributed by atoms with Crippen molar-refractivity contribution in [2.45, 2.75) is 23.8 Å². The number of hydrogen-bond acceptors (Lipinski definition) is 4. The minimum Gasteiger partial charge on any atom is -0.324 e. The molecule has 1 unspecified atom stereocenters. The quantitative estimate of drug-likeness (QED) is 0.827. The first-order chi connectivity index (χ1) is 12.9. The molecule has 144 valence electrons. The Morgan fingerprint density at radius 1 is 1.04 bits per heavy atom. The molecule has 1 atom stereocenters. The van der Waals surface area contributed by atoms with Crippen molar-refractivity contribution in [3.05, 3.63) is 60.2 Å². The minimum absolute atomic E-state index is 0.207. The number of sulfonamides is 1. The van der Waals surface area contributed by atoms with Crippen LogP contribution in [0.5, 0.6) is 0 Å². The van der Waals surface area contributed by atoms with E-state index in [2.05, 4.69) is 5.32 Å². The van der Waals surface area contributed by atoms with Crippen LogP contribution >= 0.6 is 0 Å². The van der Waals surface area contributed by atoms with Crippen LogP contribution in [0.1, 0.15) is 24.4 Å². The maximum atomic E-state index is 12.9. The zero-order valence-corrected chi connectivity index (χ0v) is 16.4. The van der Waals surface area contributed by atoms with E-state index in [1.165, 1.54) is 10.4 Å². The highest BCUT2D eigenvalue weighted by Crippen LogP contribution is 2.25. The van der Waals surface area contributed by atoms with Crippen LogP contribution in [0.2, 0.25) is 0 Å². The van der Waals surface area contributed by atoms with E-state index in [1.54, 1.807) is 18.2 Å². The molecule has 7 heteroatoms. The summed E-state index contributed by atoms with van der Waals surface area (Å²) >= 11 is 0. The van der Waals surface area contributed by atoms with Gasteiger partial charge in [0.25, 0.3) is 0 Å². The summed E-state index contributed by atoms with van der Waals surface area (Å²) in [6.07, 6.45) is 1.77. The molecule has 0 aromatic heterocycles. The maximum Gasteiger partial charge on any atom is 0.246 e. The molecular weight excluding hydrogens is 362 g/mol. The summed E-state index contributed by atoms with van der Waals surface area (Å²) in [5.74, 6) is -0.207. The normalized spacial score (nSPS) is 16.4. The number of benzene rings is 2. The molecule has 2 aromatic carbocycles. The highest BCUT2D eigenvalue weighted by Gasteiger charge is 2.28. The third-order valence-corrected chi connectivity index (χ3v) is 6.58. The van der Waals surface area contributed by atoms with Gasteiger partial charge >= 0.3 is 0 Å². The average Bonchev–Trinajstić information content (AvgIpc) is 3.18. The Kier molecular flexibility index (Phi) is 5.94. The second-order valence-electron chi connectivity index (χ2n) is 6.91. The molecule has 1 saturated heterocycles. The fourth-order valence-electron chi connectivity index (χ4n) is 3.34. The summed E-state index contributed by atoms with van der Waals surface area (Å²) in [4.78, 5) is 14.9. The number of nitrogens with one attached hydrogen (secondary N) is 1. The lowest BCUT2D eigenvalue weighted by atomic mass is 10.1. The zero-order valence-electron chi connectivity index (χ0n) is 15.6. The number of carbonyl (C=O) groups is 1. The minimum atomic E-state index is -3.51. The van der Waals surface area contributed by atoms with Crippen LogP contribution in [-0.2, 0) is 14.8 Å². The standard InChI is InChI=1S/C20H25N3O3S/c1-22(2)19(16-9-4-3-5-10-16)20(24)21-17-11-8-12-18(15-17)27(25,26)23-13-6-7-14-23/h3-5,8-12,15,19H,6-7,13-14H2,1-2H3,(H,21,24). The van der Waals surface area contributed by atoms with Crippen LogP contribution in [0.15, 0.2) is 59.5 Å². The van der Waals surface area contributed by atoms with E-state index in [1.807, 2.05) is 49.3 Å². The molecule has 1 fully saturated rings. The number of likely N-dealkylation sites (N-methyl/N-ethyl adjacent to an activating group) is 1. The van der Waals surface area contributed by atoms with Crippen LogP contribution in [0.4, 0.5) is 5.69 Å². The molecule has 1 aliphatic heterocycles. The third kappa shape index (κ3) is 4.37. The first-order valence-corrected chi connectivity index (χ1v) is 10.5. The molecule has 0 saturated carbocycles. The van der Waals surface area contributed by atoms with Crippen molar-refractivity contribution in [1.29, 1.82) is 0 Å². The van der Waals surface area contributed by atoms with Crippen LogP contribution in [0.3, 0.4) is 0 Å². The van der Waals surface area contributed by atoms with Crippen LogP contribution in [-0.4, -0.2) is 50.7 Å². The Morgan fingerprint density at radius 2 is 1.70 bits per heavy atom. The van der Waals surface area contributed by atoms with Gasteiger partial charge in [0.1, 0.15) is 6.04 Å². The lowest BCUT2D eigenvalue weighted by Gasteiger charge is -2.24. The molecule has 27 heavy (non-hydrogen) atoms. The predicted molar refractivity (Wildman–Crippen MR) is 106 cm³/mol. The van der Waals surface area contributed by atoms with E-state index in [9.17, 15) is 13.2 Å². The van der Waals surface area contributed by atoms with E-state index < -0.39 is 16.1 Å². The van der Waals surface area contributed by atoms with Gasteiger partial charge in [0.2, 0.25) is 15.9 Å². The Bertz CT molecular complexity index is 892. The van der Waals surface area contributed by atoms with Gasteiger partial charge in [-0.2, -0.15) is 4.31 Å². The Balaban J connectivity index is 1.82. The first-order valence-electron chi connectivity index (χ1n) is 9.02. The molecule has 0 radical (unpaired) electrons. The van der Waals surface area contributed by atoms with E-state index in [4.69, 9.17) is 0 Å². The molecule has 1 aliphatic rings. The van der Waals surface area contributed by atoms with Crippen LogP contribution in [0, 0.1) is 0 Å². The van der Waals surface area contributed by atoms with E-state index in [-0.39, 0.29) is 10.8 Å². The smallest absolute Gasteiger partial charge is 0.246 e. The number of nitrogens with zero attached hydrogens (tertiary/aromatic N) is 2. The second-order valence-corrected chi connectivity index (χ2v) is 8.84. The number of carbonyl (C=O) groups excluding carboxylic acids is 1. The summed E-state index contributed by atoms with van der Waals surface area (Å²) in [7, 11) is 0.163. The van der Waals surface area contributed by atoms with Crippen LogP contribution in [0.25, 0.3) is 0 Å². The average molecular weight is 388 g/mol. The topological polar surface area (TPSA) is 69.7 Å². The Labute approximate surface area is 160 Å². The summed E-state index contributed by atoms with van der Waals surface area (Å²) in [5.41, 5.74) is 1.35. The SMILES string of the molecule is CN(C)C(C(=O)Nc1cccc(S(=O)(=O)N2CCCC2)c1)c1ccccc1. The van der Waals surface area contributed by atoms with Crippen LogP contribution < -0.4 is 5.32 Å². The number of rotatable bonds is 6. The van der Waals surface area contributed by atoms with Gasteiger partial charge in [-0.15, -0.1) is 0 Å². The lowest BCUT2D eigenvalue weighted by molar-refractivity contribution is -0.120. The molecule has 1 amide bonds. The number of hydrogen-bond donors (Lipinski definition) is 1. The van der Waals surface area contributed by atoms with Crippen molar-refractivity contribution in [2.75, 3.05) is 32.5 Å². The molecule has 2 aromatic rings. The fourth-order valence-corrected chi connectivity index (χ4v) is 4.91. The Morgan fingerprint density at radius 3 is 2.33 bits per heavy atom. The summed E-state index contributed by atoms with van der Waals surface area (Å²) < 4.78 is 27.0. The van der Waals surface area contributed by atoms with Crippen molar-refractivity contribution < 1.29 is 13.2 Å². The van der Waals surface area contributed by atoms with Gasteiger partial charge in [0, 0.05) is 18.8 Å². The van der Waals surface area contributed by atoms with E-state index in [0.717, 1.165) is 18.4 Å². The third-order valence-electron chi connectivity index (χ3n) is 4.68. The van der Waals surface area contributed by atoms with Crippen molar-refractivity contribution in [3.63, 3.8) is 0 Å². The van der Waals surface area contributed by atoms with Gasteiger partial charge in [-0.05, 0) is 50.7 Å². The van der Waals surface area contributed by atoms with E-state index >= 15 is 0 Å². The second kappa shape index (κ2) is 8.21. The molecule has 1 N–H and O–H groups in total. The van der Waals surface area contributed by atoms with Gasteiger partial charge in [-0.1, -0.05) is 36.4 Å². The highest BCUT2D eigenvalue weighted by atomic mass is 32.2. The van der Waals surface area contributed by atoms with Gasteiger partial charge in [-0.3, -0.25) is 9.69 Å². The highest BCUT2D eigenvalue weighted by molar-refractivity contribution is 7.89. The predicted octanol–water partition coefficient (Wildman–Crippen LogP) is 2.71. The Hall–Kier alpha value is -2.22. The largest absolute Gasteiger partial charge is 0.324 e. The zero-order chi connectivity index (χ0) is 19.4. The molecule has 0 spiro atoms. The van der Waals surface area contributed by atoms with Gasteiger partial charge in [0.05, 0.1) is 4.90 Å². The summed E-state index contributed by atoms with van der Waals surface area (Å²) in [6.45, 7) is 1.10. The van der Waals surface area contributed by atoms with E-state index in [0.29, 0.717) is 18.8 Å². The maximum absolute atomic E-state index is 12.9. The van der Waals surface area contributed by atoms with Gasteiger partial charge < -0.3 is 5.32 Å². The summed E-state index contributed by atoms with van der Waals surface area (Å²) in [6, 6.07) is 15.5. The molecule has 1 heterocycles. The fraction of sp³-hybridized carbons (Fsp3) is 0.350. The summed E-state index contributed by atoms with van der Waals surface area (Å²) in [5, 5.41) is 2.86. The molecule has 0 bridgehead atoms. The molecule has 0 aliphatic carbocycles. The van der Waals surface area contributed by atoms with Crippen molar-refractivity contribution >= 4 is 21.6 Å².